The van der Waals surface area contributed by atoms with E-state index in [9.17, 15) is 4.79 Å². The van der Waals surface area contributed by atoms with Crippen molar-refractivity contribution in [2.45, 2.75) is 6.92 Å². The number of hydrogen-bond acceptors (Lipinski definition) is 1. The van der Waals surface area contributed by atoms with Gasteiger partial charge in [0.25, 0.3) is 0 Å². The average molecular weight is 262 g/mol. The van der Waals surface area contributed by atoms with Crippen molar-refractivity contribution in [1.82, 2.24) is 0 Å². The highest BCUT2D eigenvalue weighted by molar-refractivity contribution is 5.99. The van der Waals surface area contributed by atoms with Gasteiger partial charge in [-0.2, -0.15) is 0 Å². The van der Waals surface area contributed by atoms with Gasteiger partial charge in [0.05, 0.1) is 5.56 Å². The van der Waals surface area contributed by atoms with Crippen LogP contribution in [-0.2, 0) is 0 Å². The van der Waals surface area contributed by atoms with Gasteiger partial charge in [-0.25, -0.2) is 4.79 Å². The summed E-state index contributed by atoms with van der Waals surface area (Å²) in [6, 6.07) is 19.4. The van der Waals surface area contributed by atoms with Gasteiger partial charge in [-0.1, -0.05) is 48.5 Å². The van der Waals surface area contributed by atoms with E-state index in [1.807, 2.05) is 18.2 Å². The molecule has 0 aliphatic heterocycles. The Kier molecular flexibility index (Phi) is 2.99. The molecule has 0 atom stereocenters. The molecule has 0 aliphatic rings. The highest BCUT2D eigenvalue weighted by Crippen LogP contribution is 2.30. The molecule has 98 valence electrons. The molecule has 0 unspecified atom stereocenters. The molecule has 2 nitrogen and oxygen atoms in total. The van der Waals surface area contributed by atoms with E-state index in [-0.39, 0.29) is 0 Å². The number of carbonyl (C=O) groups is 1. The van der Waals surface area contributed by atoms with E-state index in [0.717, 1.165) is 16.5 Å². The van der Waals surface area contributed by atoms with Crippen LogP contribution in [0.4, 0.5) is 0 Å². The maximum Gasteiger partial charge on any atom is 0.335 e. The molecular formula is C18H14O2. The summed E-state index contributed by atoms with van der Waals surface area (Å²) in [6.07, 6.45) is 0. The topological polar surface area (TPSA) is 37.3 Å². The molecule has 0 spiro atoms. The van der Waals surface area contributed by atoms with Crippen LogP contribution in [-0.4, -0.2) is 11.1 Å². The summed E-state index contributed by atoms with van der Waals surface area (Å²) in [4.78, 5) is 11.1. The molecule has 3 aromatic rings. The first-order valence-electron chi connectivity index (χ1n) is 6.49. The molecule has 3 rings (SSSR count). The zero-order valence-electron chi connectivity index (χ0n) is 11.1. The first kappa shape index (κ1) is 12.4. The van der Waals surface area contributed by atoms with E-state index >= 15 is 0 Å². The molecule has 0 aromatic heterocycles. The van der Waals surface area contributed by atoms with Gasteiger partial charge in [0.1, 0.15) is 0 Å². The largest absolute Gasteiger partial charge is 0.478 e. The number of benzene rings is 3. The van der Waals surface area contributed by atoms with Crippen LogP contribution in [0, 0.1) is 6.92 Å². The van der Waals surface area contributed by atoms with Crippen molar-refractivity contribution in [3.8, 4) is 11.1 Å². The molecular weight excluding hydrogens is 248 g/mol. The van der Waals surface area contributed by atoms with Crippen LogP contribution in [0.1, 0.15) is 15.9 Å². The van der Waals surface area contributed by atoms with Crippen LogP contribution in [0.15, 0.2) is 60.7 Å². The Morgan fingerprint density at radius 2 is 1.65 bits per heavy atom. The molecule has 0 fully saturated rings. The van der Waals surface area contributed by atoms with Crippen molar-refractivity contribution < 1.29 is 9.90 Å². The minimum Gasteiger partial charge on any atom is -0.478 e. The minimum atomic E-state index is -0.900. The van der Waals surface area contributed by atoms with E-state index in [4.69, 9.17) is 5.11 Å². The third-order valence-corrected chi connectivity index (χ3v) is 3.56. The van der Waals surface area contributed by atoms with E-state index in [1.54, 1.807) is 18.2 Å². The van der Waals surface area contributed by atoms with Crippen molar-refractivity contribution in [3.63, 3.8) is 0 Å². The highest BCUT2D eigenvalue weighted by Gasteiger charge is 2.08. The Balaban J connectivity index is 2.27. The quantitative estimate of drug-likeness (QED) is 0.737. The summed E-state index contributed by atoms with van der Waals surface area (Å²) in [5.41, 5.74) is 3.53. The lowest BCUT2D eigenvalue weighted by Gasteiger charge is -2.10. The van der Waals surface area contributed by atoms with Gasteiger partial charge in [-0.05, 0) is 46.5 Å². The number of fused-ring (bicyclic) bond motifs is 1. The molecule has 0 heterocycles. The van der Waals surface area contributed by atoms with E-state index in [2.05, 4.69) is 31.2 Å². The van der Waals surface area contributed by atoms with Crippen LogP contribution < -0.4 is 0 Å². The predicted octanol–water partition coefficient (Wildman–Crippen LogP) is 4.51. The third kappa shape index (κ3) is 2.05. The standard InChI is InChI=1S/C18H14O2/c1-12-9-10-16(17-8-3-2-7-15(12)17)13-5-4-6-14(11-13)18(19)20/h2-11H,1H3,(H,19,20). The highest BCUT2D eigenvalue weighted by atomic mass is 16.4. The SMILES string of the molecule is Cc1ccc(-c2cccc(C(=O)O)c2)c2ccccc12. The molecule has 0 aliphatic carbocycles. The maximum absolute atomic E-state index is 11.1. The van der Waals surface area contributed by atoms with Crippen molar-refractivity contribution in [3.05, 3.63) is 71.8 Å². The summed E-state index contributed by atoms with van der Waals surface area (Å²) in [5, 5.41) is 11.5. The zero-order valence-corrected chi connectivity index (χ0v) is 11.1. The summed E-state index contributed by atoms with van der Waals surface area (Å²) in [6.45, 7) is 2.08. The Morgan fingerprint density at radius 1 is 0.900 bits per heavy atom. The molecule has 1 N–H and O–H groups in total. The molecule has 2 heteroatoms. The lowest BCUT2D eigenvalue weighted by atomic mass is 9.95. The lowest BCUT2D eigenvalue weighted by molar-refractivity contribution is 0.0697. The van der Waals surface area contributed by atoms with E-state index in [0.29, 0.717) is 5.56 Å². The zero-order chi connectivity index (χ0) is 14.1. The van der Waals surface area contributed by atoms with Crippen LogP contribution in [0.3, 0.4) is 0 Å². The number of hydrogen-bond donors (Lipinski definition) is 1. The van der Waals surface area contributed by atoms with Gasteiger partial charge in [-0.3, -0.25) is 0 Å². The number of carboxylic acid groups (broad SMARTS) is 1. The number of aryl methyl sites for hydroxylation is 1. The van der Waals surface area contributed by atoms with Gasteiger partial charge in [-0.15, -0.1) is 0 Å². The molecule has 0 saturated carbocycles. The Morgan fingerprint density at radius 3 is 2.40 bits per heavy atom. The fraction of sp³-hybridized carbons (Fsp3) is 0.0556. The Labute approximate surface area is 117 Å². The predicted molar refractivity (Wildman–Crippen MR) is 81.1 cm³/mol. The van der Waals surface area contributed by atoms with E-state index in [1.165, 1.54) is 10.9 Å². The van der Waals surface area contributed by atoms with Gasteiger partial charge in [0.2, 0.25) is 0 Å². The number of rotatable bonds is 2. The van der Waals surface area contributed by atoms with E-state index < -0.39 is 5.97 Å². The van der Waals surface area contributed by atoms with Gasteiger partial charge >= 0.3 is 5.97 Å². The van der Waals surface area contributed by atoms with Crippen molar-refractivity contribution in [2.24, 2.45) is 0 Å². The van der Waals surface area contributed by atoms with Crippen LogP contribution in [0.5, 0.6) is 0 Å². The smallest absolute Gasteiger partial charge is 0.335 e. The fourth-order valence-electron chi connectivity index (χ4n) is 2.52. The summed E-state index contributed by atoms with van der Waals surface area (Å²) in [5.74, 6) is -0.900. The van der Waals surface area contributed by atoms with Gasteiger partial charge in [0.15, 0.2) is 0 Å². The maximum atomic E-state index is 11.1. The van der Waals surface area contributed by atoms with Gasteiger partial charge in [0, 0.05) is 0 Å². The minimum absolute atomic E-state index is 0.312. The Hall–Kier alpha value is -2.61. The fourth-order valence-corrected chi connectivity index (χ4v) is 2.52. The number of aromatic carboxylic acids is 1. The molecule has 0 amide bonds. The second-order valence-corrected chi connectivity index (χ2v) is 4.86. The molecule has 0 saturated heterocycles. The lowest BCUT2D eigenvalue weighted by Crippen LogP contribution is -1.96. The third-order valence-electron chi connectivity index (χ3n) is 3.56. The summed E-state index contributed by atoms with van der Waals surface area (Å²) < 4.78 is 0. The molecule has 20 heavy (non-hydrogen) atoms. The van der Waals surface area contributed by atoms with Crippen molar-refractivity contribution >= 4 is 16.7 Å². The summed E-state index contributed by atoms with van der Waals surface area (Å²) >= 11 is 0. The van der Waals surface area contributed by atoms with Crippen LogP contribution in [0.25, 0.3) is 21.9 Å². The second-order valence-electron chi connectivity index (χ2n) is 4.86. The summed E-state index contributed by atoms with van der Waals surface area (Å²) in [7, 11) is 0. The van der Waals surface area contributed by atoms with Crippen molar-refractivity contribution in [1.29, 1.82) is 0 Å². The molecule has 3 aromatic carbocycles. The van der Waals surface area contributed by atoms with Crippen LogP contribution in [0.2, 0.25) is 0 Å². The van der Waals surface area contributed by atoms with Crippen molar-refractivity contribution in [2.75, 3.05) is 0 Å². The number of carboxylic acids is 1. The first-order valence-corrected chi connectivity index (χ1v) is 6.49. The van der Waals surface area contributed by atoms with Crippen LogP contribution >= 0.6 is 0 Å². The molecule has 0 bridgehead atoms. The normalized spacial score (nSPS) is 10.7. The molecule has 0 radical (unpaired) electrons. The first-order chi connectivity index (χ1) is 9.66. The average Bonchev–Trinajstić information content (AvgIpc) is 2.48. The second kappa shape index (κ2) is 4.82. The monoisotopic (exact) mass is 262 g/mol. The Bertz CT molecular complexity index is 803. The van der Waals surface area contributed by atoms with Gasteiger partial charge < -0.3 is 5.11 Å².